The Kier molecular flexibility index (Phi) is 6.70. The predicted molar refractivity (Wildman–Crippen MR) is 119 cm³/mol. The van der Waals surface area contributed by atoms with E-state index in [0.717, 1.165) is 34.2 Å². The molecule has 0 aromatic heterocycles. The molecule has 3 rings (SSSR count). The van der Waals surface area contributed by atoms with Gasteiger partial charge in [0.05, 0.1) is 15.9 Å². The van der Waals surface area contributed by atoms with Crippen molar-refractivity contribution in [2.75, 3.05) is 13.2 Å². The maximum atomic E-state index is 12.6. The van der Waals surface area contributed by atoms with E-state index in [9.17, 15) is 14.7 Å². The van der Waals surface area contributed by atoms with Crippen molar-refractivity contribution in [1.82, 2.24) is 4.90 Å². The molecule has 0 unspecified atom stereocenters. The van der Waals surface area contributed by atoms with Crippen LogP contribution in [-0.2, 0) is 4.79 Å². The van der Waals surface area contributed by atoms with Gasteiger partial charge >= 0.3 is 0 Å². The van der Waals surface area contributed by atoms with Crippen LogP contribution in [0.15, 0.2) is 45.8 Å². The summed E-state index contributed by atoms with van der Waals surface area (Å²) in [5.41, 5.74) is 2.92. The molecule has 1 fully saturated rings. The van der Waals surface area contributed by atoms with Gasteiger partial charge in [-0.15, -0.1) is 0 Å². The topological polar surface area (TPSA) is 66.8 Å². The average molecular weight is 476 g/mol. The lowest BCUT2D eigenvalue weighted by molar-refractivity contribution is -0.123. The van der Waals surface area contributed by atoms with E-state index in [-0.39, 0.29) is 30.0 Å². The number of carbonyl (C=O) groups is 2. The molecular formula is C22H22BrNO4S. The number of thioether (sulfide) groups is 1. The number of ether oxygens (including phenoxy) is 1. The first kappa shape index (κ1) is 21.5. The highest BCUT2D eigenvalue weighted by atomic mass is 79.9. The molecule has 1 aliphatic rings. The lowest BCUT2D eigenvalue weighted by Gasteiger charge is -2.17. The van der Waals surface area contributed by atoms with Crippen LogP contribution in [0, 0.1) is 6.92 Å². The molecule has 7 heteroatoms. The number of halogens is 1. The number of nitrogens with zero attached hydrogens (tertiary/aromatic N) is 1. The van der Waals surface area contributed by atoms with Crippen LogP contribution in [0.2, 0.25) is 0 Å². The maximum absolute atomic E-state index is 12.6. The molecule has 5 nitrogen and oxygen atoms in total. The predicted octanol–water partition coefficient (Wildman–Crippen LogP) is 5.70. The second-order valence-corrected chi connectivity index (χ2v) is 8.94. The van der Waals surface area contributed by atoms with Gasteiger partial charge in [0, 0.05) is 0 Å². The van der Waals surface area contributed by atoms with Crippen LogP contribution in [0.1, 0.15) is 36.5 Å². The van der Waals surface area contributed by atoms with Gasteiger partial charge in [0.15, 0.2) is 0 Å². The first-order chi connectivity index (χ1) is 13.8. The van der Waals surface area contributed by atoms with Gasteiger partial charge in [0.2, 0.25) is 0 Å². The Morgan fingerprint density at radius 1 is 1.21 bits per heavy atom. The molecule has 1 aliphatic heterocycles. The fraction of sp³-hybridized carbons (Fsp3) is 0.273. The molecule has 0 atom stereocenters. The molecule has 0 aliphatic carbocycles. The number of amides is 2. The Balaban J connectivity index is 1.67. The number of benzene rings is 2. The Hall–Kier alpha value is -2.25. The Bertz CT molecular complexity index is 987. The Labute approximate surface area is 182 Å². The normalized spacial score (nSPS) is 15.6. The van der Waals surface area contributed by atoms with Gasteiger partial charge in [-0.25, -0.2) is 0 Å². The second-order valence-electron chi connectivity index (χ2n) is 7.09. The molecule has 152 valence electrons. The molecule has 29 heavy (non-hydrogen) atoms. The molecule has 2 amide bonds. The van der Waals surface area contributed by atoms with Crippen LogP contribution in [0.3, 0.4) is 0 Å². The SMILES string of the molecule is Cc1ccc(C(C)C)c(OCCN2C(=O)S/C(=C\c3ccc(O)c(Br)c3)C2=O)c1. The van der Waals surface area contributed by atoms with E-state index in [4.69, 9.17) is 4.74 Å². The Morgan fingerprint density at radius 2 is 1.97 bits per heavy atom. The van der Waals surface area contributed by atoms with E-state index in [0.29, 0.717) is 15.3 Å². The van der Waals surface area contributed by atoms with E-state index in [1.165, 1.54) is 11.0 Å². The van der Waals surface area contributed by atoms with Crippen molar-refractivity contribution < 1.29 is 19.4 Å². The molecule has 2 aromatic carbocycles. The molecule has 0 radical (unpaired) electrons. The number of imide groups is 1. The third kappa shape index (κ3) is 5.03. The van der Waals surface area contributed by atoms with Crippen LogP contribution in [0.4, 0.5) is 4.79 Å². The number of hydrogen-bond donors (Lipinski definition) is 1. The van der Waals surface area contributed by atoms with E-state index in [2.05, 4.69) is 29.8 Å². The molecule has 0 saturated carbocycles. The van der Waals surface area contributed by atoms with Crippen LogP contribution in [0.25, 0.3) is 6.08 Å². The van der Waals surface area contributed by atoms with Gasteiger partial charge in [-0.3, -0.25) is 14.5 Å². The van der Waals surface area contributed by atoms with Gasteiger partial charge in [-0.2, -0.15) is 0 Å². The van der Waals surface area contributed by atoms with Gasteiger partial charge in [-0.05, 0) is 81.5 Å². The zero-order valence-electron chi connectivity index (χ0n) is 16.4. The number of carbonyl (C=O) groups excluding carboxylic acids is 2. The summed E-state index contributed by atoms with van der Waals surface area (Å²) in [5, 5.41) is 9.28. The first-order valence-electron chi connectivity index (χ1n) is 9.23. The van der Waals surface area contributed by atoms with Crippen LogP contribution < -0.4 is 4.74 Å². The van der Waals surface area contributed by atoms with Gasteiger partial charge in [-0.1, -0.05) is 32.0 Å². The largest absolute Gasteiger partial charge is 0.507 e. The fourth-order valence-corrected chi connectivity index (χ4v) is 4.21. The number of aromatic hydroxyl groups is 1. The summed E-state index contributed by atoms with van der Waals surface area (Å²) in [7, 11) is 0. The summed E-state index contributed by atoms with van der Waals surface area (Å²) >= 11 is 4.16. The highest BCUT2D eigenvalue weighted by Gasteiger charge is 2.34. The van der Waals surface area contributed by atoms with Crippen LogP contribution in [-0.4, -0.2) is 34.3 Å². The zero-order valence-corrected chi connectivity index (χ0v) is 18.8. The highest BCUT2D eigenvalue weighted by Crippen LogP contribution is 2.34. The fourth-order valence-electron chi connectivity index (χ4n) is 2.95. The quantitative estimate of drug-likeness (QED) is 0.542. The number of hydrogen-bond acceptors (Lipinski definition) is 5. The van der Waals surface area contributed by atoms with E-state index in [1.54, 1.807) is 18.2 Å². The average Bonchev–Trinajstić information content (AvgIpc) is 2.92. The third-order valence-electron chi connectivity index (χ3n) is 4.51. The van der Waals surface area contributed by atoms with Gasteiger partial charge < -0.3 is 9.84 Å². The van der Waals surface area contributed by atoms with Crippen molar-refractivity contribution in [3.63, 3.8) is 0 Å². The molecule has 1 N–H and O–H groups in total. The van der Waals surface area contributed by atoms with Gasteiger partial charge in [0.25, 0.3) is 11.1 Å². The minimum absolute atomic E-state index is 0.115. The number of aryl methyl sites for hydroxylation is 1. The summed E-state index contributed by atoms with van der Waals surface area (Å²) in [5.74, 6) is 0.886. The number of phenols is 1. The minimum atomic E-state index is -0.332. The standard InChI is InChI=1S/C22H22BrNO4S/c1-13(2)16-6-4-14(3)10-19(16)28-9-8-24-21(26)20(29-22(24)27)12-15-5-7-18(25)17(23)11-15/h4-7,10-13,25H,8-9H2,1-3H3/b20-12-. The van der Waals surface area contributed by atoms with E-state index >= 15 is 0 Å². The lowest BCUT2D eigenvalue weighted by Crippen LogP contribution is -2.32. The smallest absolute Gasteiger partial charge is 0.293 e. The summed E-state index contributed by atoms with van der Waals surface area (Å²) in [4.78, 5) is 26.5. The summed E-state index contributed by atoms with van der Waals surface area (Å²) < 4.78 is 6.44. The molecular weight excluding hydrogens is 454 g/mol. The minimum Gasteiger partial charge on any atom is -0.507 e. The molecule has 1 heterocycles. The van der Waals surface area contributed by atoms with Crippen LogP contribution >= 0.6 is 27.7 Å². The summed E-state index contributed by atoms with van der Waals surface area (Å²) in [6.45, 7) is 6.62. The highest BCUT2D eigenvalue weighted by molar-refractivity contribution is 9.10. The van der Waals surface area contributed by atoms with E-state index in [1.807, 2.05) is 25.1 Å². The third-order valence-corrected chi connectivity index (χ3v) is 6.05. The van der Waals surface area contributed by atoms with Crippen molar-refractivity contribution in [3.8, 4) is 11.5 Å². The zero-order chi connectivity index (χ0) is 21.1. The maximum Gasteiger partial charge on any atom is 0.293 e. The number of rotatable bonds is 6. The summed E-state index contributed by atoms with van der Waals surface area (Å²) in [6.07, 6.45) is 1.65. The van der Waals surface area contributed by atoms with Crippen molar-refractivity contribution in [2.24, 2.45) is 0 Å². The van der Waals surface area contributed by atoms with E-state index < -0.39 is 0 Å². The monoisotopic (exact) mass is 475 g/mol. The van der Waals surface area contributed by atoms with Gasteiger partial charge in [0.1, 0.15) is 18.1 Å². The number of phenolic OH excluding ortho intramolecular Hbond substituents is 1. The van der Waals surface area contributed by atoms with Crippen molar-refractivity contribution >= 4 is 44.9 Å². The first-order valence-corrected chi connectivity index (χ1v) is 10.8. The van der Waals surface area contributed by atoms with Crippen LogP contribution in [0.5, 0.6) is 11.5 Å². The molecule has 0 spiro atoms. The lowest BCUT2D eigenvalue weighted by atomic mass is 10.0. The molecule has 0 bridgehead atoms. The summed E-state index contributed by atoms with van der Waals surface area (Å²) in [6, 6.07) is 11.0. The second kappa shape index (κ2) is 9.05. The van der Waals surface area contributed by atoms with Crippen molar-refractivity contribution in [1.29, 1.82) is 0 Å². The van der Waals surface area contributed by atoms with Crippen molar-refractivity contribution in [2.45, 2.75) is 26.7 Å². The Morgan fingerprint density at radius 3 is 2.66 bits per heavy atom. The molecule has 2 aromatic rings. The molecule has 1 saturated heterocycles. The van der Waals surface area contributed by atoms with Crippen molar-refractivity contribution in [3.05, 3.63) is 62.5 Å².